The van der Waals surface area contributed by atoms with Crippen molar-refractivity contribution in [1.82, 2.24) is 0 Å². The summed E-state index contributed by atoms with van der Waals surface area (Å²) in [4.78, 5) is 12.4. The van der Waals surface area contributed by atoms with Crippen LogP contribution in [0.4, 0.5) is 5.69 Å². The van der Waals surface area contributed by atoms with Gasteiger partial charge in [-0.2, -0.15) is 0 Å². The van der Waals surface area contributed by atoms with E-state index in [1.165, 1.54) is 5.56 Å². The Balaban J connectivity index is 1.99. The van der Waals surface area contributed by atoms with Crippen LogP contribution in [0, 0.1) is 0 Å². The first-order valence-electron chi connectivity index (χ1n) is 7.98. The topological polar surface area (TPSA) is 64.2 Å². The number of rotatable bonds is 7. The van der Waals surface area contributed by atoms with Crippen LogP contribution in [0.3, 0.4) is 0 Å². The third-order valence-corrected chi connectivity index (χ3v) is 3.97. The molecular weight excluding hydrogens is 304 g/mol. The Bertz CT molecular complexity index is 674. The van der Waals surface area contributed by atoms with Crippen LogP contribution in [0.5, 0.6) is 11.5 Å². The van der Waals surface area contributed by atoms with Crippen LogP contribution in [0.25, 0.3) is 0 Å². The van der Waals surface area contributed by atoms with Crippen LogP contribution >= 0.6 is 0 Å². The number of ether oxygens (including phenoxy) is 2. The summed E-state index contributed by atoms with van der Waals surface area (Å²) in [6.07, 6.45) is 0. The summed E-state index contributed by atoms with van der Waals surface area (Å²) in [5, 5.41) is 4.97. The molecule has 0 aliphatic heterocycles. The largest absolute Gasteiger partial charge is 0.493 e. The number of methoxy groups -OCH3 is 2. The van der Waals surface area contributed by atoms with E-state index in [1.807, 2.05) is 30.4 Å². The monoisotopic (exact) mass is 329 g/mol. The van der Waals surface area contributed by atoms with Gasteiger partial charge in [0.15, 0.2) is 17.5 Å². The van der Waals surface area contributed by atoms with Gasteiger partial charge >= 0.3 is 0 Å². The molecule has 0 heterocycles. The maximum atomic E-state index is 12.4. The Morgan fingerprint density at radius 3 is 2.29 bits per heavy atom. The summed E-state index contributed by atoms with van der Waals surface area (Å²) >= 11 is 0. The zero-order valence-electron chi connectivity index (χ0n) is 14.6. The minimum atomic E-state index is -0.215. The minimum Gasteiger partial charge on any atom is -0.493 e. The summed E-state index contributed by atoms with van der Waals surface area (Å²) < 4.78 is 10.5. The van der Waals surface area contributed by atoms with E-state index >= 15 is 0 Å². The third-order valence-electron chi connectivity index (χ3n) is 3.97. The van der Waals surface area contributed by atoms with E-state index in [-0.39, 0.29) is 18.0 Å². The van der Waals surface area contributed by atoms with Gasteiger partial charge in [0, 0.05) is 17.3 Å². The molecule has 24 heavy (non-hydrogen) atoms. The SMILES string of the molecule is COc1ccc(NC(=O)[C@H](C)[NH2+][C@H](C)c2ccccc2)cc1OC. The average molecular weight is 329 g/mol. The Morgan fingerprint density at radius 1 is 1.00 bits per heavy atom. The zero-order chi connectivity index (χ0) is 17.5. The van der Waals surface area contributed by atoms with E-state index in [9.17, 15) is 4.79 Å². The smallest absolute Gasteiger partial charge is 0.282 e. The van der Waals surface area contributed by atoms with Gasteiger partial charge in [-0.25, -0.2) is 0 Å². The highest BCUT2D eigenvalue weighted by Gasteiger charge is 2.20. The molecule has 0 spiro atoms. The van der Waals surface area contributed by atoms with Gasteiger partial charge in [0.25, 0.3) is 5.91 Å². The van der Waals surface area contributed by atoms with E-state index in [0.717, 1.165) is 0 Å². The highest BCUT2D eigenvalue weighted by Crippen LogP contribution is 2.29. The molecule has 0 bridgehead atoms. The number of hydrogen-bond donors (Lipinski definition) is 2. The van der Waals surface area contributed by atoms with Gasteiger partial charge in [-0.15, -0.1) is 0 Å². The molecule has 0 unspecified atom stereocenters. The Morgan fingerprint density at radius 2 is 1.67 bits per heavy atom. The van der Waals surface area contributed by atoms with Crippen LogP contribution in [-0.4, -0.2) is 26.2 Å². The van der Waals surface area contributed by atoms with Crippen molar-refractivity contribution in [1.29, 1.82) is 0 Å². The molecule has 2 rings (SSSR count). The van der Waals surface area contributed by atoms with Crippen molar-refractivity contribution in [2.24, 2.45) is 0 Å². The molecule has 0 saturated heterocycles. The van der Waals surface area contributed by atoms with Crippen molar-refractivity contribution in [3.63, 3.8) is 0 Å². The first-order valence-corrected chi connectivity index (χ1v) is 7.98. The summed E-state index contributed by atoms with van der Waals surface area (Å²) in [6.45, 7) is 3.99. The molecule has 2 aromatic rings. The van der Waals surface area contributed by atoms with E-state index in [4.69, 9.17) is 9.47 Å². The molecule has 0 aliphatic rings. The molecule has 5 nitrogen and oxygen atoms in total. The first kappa shape index (κ1) is 17.8. The summed E-state index contributed by atoms with van der Waals surface area (Å²) in [7, 11) is 3.15. The minimum absolute atomic E-state index is 0.0509. The van der Waals surface area contributed by atoms with Gasteiger partial charge in [-0.3, -0.25) is 4.79 Å². The molecule has 5 heteroatoms. The summed E-state index contributed by atoms with van der Waals surface area (Å²) in [5.41, 5.74) is 1.88. The highest BCUT2D eigenvalue weighted by atomic mass is 16.5. The lowest BCUT2D eigenvalue weighted by Crippen LogP contribution is -2.91. The molecule has 0 fully saturated rings. The van der Waals surface area contributed by atoms with Gasteiger partial charge in [-0.1, -0.05) is 30.3 Å². The molecule has 0 aromatic heterocycles. The van der Waals surface area contributed by atoms with Crippen molar-refractivity contribution in [2.45, 2.75) is 25.9 Å². The molecule has 0 aliphatic carbocycles. The lowest BCUT2D eigenvalue weighted by Gasteiger charge is -2.17. The second-order valence-corrected chi connectivity index (χ2v) is 5.74. The second-order valence-electron chi connectivity index (χ2n) is 5.74. The van der Waals surface area contributed by atoms with Gasteiger partial charge < -0.3 is 20.1 Å². The van der Waals surface area contributed by atoms with Crippen LogP contribution in [-0.2, 0) is 4.79 Å². The quantitative estimate of drug-likeness (QED) is 0.819. The number of benzene rings is 2. The molecular formula is C19H25N2O3+. The summed E-state index contributed by atoms with van der Waals surface area (Å²) in [5.74, 6) is 1.17. The second kappa shape index (κ2) is 8.36. The lowest BCUT2D eigenvalue weighted by atomic mass is 10.1. The molecule has 0 radical (unpaired) electrons. The summed E-state index contributed by atoms with van der Waals surface area (Å²) in [6, 6.07) is 15.5. The number of carbonyl (C=O) groups is 1. The normalized spacial score (nSPS) is 13.0. The molecule has 2 aromatic carbocycles. The molecule has 1 amide bonds. The van der Waals surface area contributed by atoms with Crippen molar-refractivity contribution >= 4 is 11.6 Å². The van der Waals surface area contributed by atoms with Crippen LogP contribution in [0.1, 0.15) is 25.5 Å². The predicted molar refractivity (Wildman–Crippen MR) is 94.4 cm³/mol. The maximum absolute atomic E-state index is 12.4. The van der Waals surface area contributed by atoms with Crippen molar-refractivity contribution < 1.29 is 19.6 Å². The zero-order valence-corrected chi connectivity index (χ0v) is 14.6. The average Bonchev–Trinajstić information content (AvgIpc) is 2.62. The van der Waals surface area contributed by atoms with Crippen molar-refractivity contribution in [2.75, 3.05) is 19.5 Å². The fraction of sp³-hybridized carbons (Fsp3) is 0.316. The standard InChI is InChI=1S/C19H24N2O3/c1-13(15-8-6-5-7-9-15)20-14(2)19(22)21-16-10-11-17(23-3)18(12-16)24-4/h5-14,20H,1-4H3,(H,21,22)/p+1/t13-,14+/m1/s1. The number of nitrogens with two attached hydrogens (primary N) is 1. The predicted octanol–water partition coefficient (Wildman–Crippen LogP) is 2.36. The van der Waals surface area contributed by atoms with E-state index in [0.29, 0.717) is 17.2 Å². The first-order chi connectivity index (χ1) is 11.5. The lowest BCUT2D eigenvalue weighted by molar-refractivity contribution is -0.709. The Kier molecular flexibility index (Phi) is 6.21. The van der Waals surface area contributed by atoms with Gasteiger partial charge in [0.05, 0.1) is 14.2 Å². The van der Waals surface area contributed by atoms with E-state index < -0.39 is 0 Å². The molecule has 0 saturated carbocycles. The van der Waals surface area contributed by atoms with Gasteiger partial charge in [-0.05, 0) is 26.0 Å². The van der Waals surface area contributed by atoms with Crippen LogP contribution < -0.4 is 20.1 Å². The molecule has 2 atom stereocenters. The number of quaternary nitrogens is 1. The Hall–Kier alpha value is -2.53. The number of hydrogen-bond acceptors (Lipinski definition) is 3. The fourth-order valence-electron chi connectivity index (χ4n) is 2.56. The van der Waals surface area contributed by atoms with Crippen molar-refractivity contribution in [3.8, 4) is 11.5 Å². The number of anilines is 1. The number of carbonyl (C=O) groups excluding carboxylic acids is 1. The molecule has 3 N–H and O–H groups in total. The molecule has 128 valence electrons. The highest BCUT2D eigenvalue weighted by molar-refractivity contribution is 5.93. The van der Waals surface area contributed by atoms with Crippen molar-refractivity contribution in [3.05, 3.63) is 54.1 Å². The van der Waals surface area contributed by atoms with E-state index in [2.05, 4.69) is 24.4 Å². The van der Waals surface area contributed by atoms with Crippen LogP contribution in [0.2, 0.25) is 0 Å². The number of amides is 1. The van der Waals surface area contributed by atoms with Gasteiger partial charge in [0.2, 0.25) is 0 Å². The number of nitrogens with one attached hydrogen (secondary N) is 1. The maximum Gasteiger partial charge on any atom is 0.282 e. The van der Waals surface area contributed by atoms with Gasteiger partial charge in [0.1, 0.15) is 6.04 Å². The van der Waals surface area contributed by atoms with Crippen LogP contribution in [0.15, 0.2) is 48.5 Å². The third kappa shape index (κ3) is 4.49. The van der Waals surface area contributed by atoms with E-state index in [1.54, 1.807) is 32.4 Å². The fourth-order valence-corrected chi connectivity index (χ4v) is 2.56. The Labute approximate surface area is 143 Å².